The largest absolute Gasteiger partial charge is 0.493 e. The van der Waals surface area contributed by atoms with Gasteiger partial charge >= 0.3 is 0 Å². The fourth-order valence-corrected chi connectivity index (χ4v) is 4.74. The standard InChI is InChI=1S/C25H33Br2NO2/c1-2-3-4-5-6-17-30-24-12-11-23(27)18-20(24)19-28-15-13-25(29,14-16-28)21-7-9-22(26)10-8-21/h7-12,18,29H,2-6,13-17,19H2,1H3. The van der Waals surface area contributed by atoms with Crippen LogP contribution in [0.4, 0.5) is 0 Å². The first-order valence-electron chi connectivity index (χ1n) is 11.1. The van der Waals surface area contributed by atoms with Gasteiger partial charge in [-0.05, 0) is 55.2 Å². The highest BCUT2D eigenvalue weighted by atomic mass is 79.9. The summed E-state index contributed by atoms with van der Waals surface area (Å²) in [6.07, 6.45) is 7.71. The number of hydrogen-bond acceptors (Lipinski definition) is 3. The quantitative estimate of drug-likeness (QED) is 0.329. The molecule has 2 aromatic rings. The van der Waals surface area contributed by atoms with Gasteiger partial charge in [0.25, 0.3) is 0 Å². The van der Waals surface area contributed by atoms with Crippen LogP contribution in [0.1, 0.15) is 63.0 Å². The average molecular weight is 539 g/mol. The number of aliphatic hydroxyl groups is 1. The molecule has 164 valence electrons. The molecule has 0 aromatic heterocycles. The number of likely N-dealkylation sites (tertiary alicyclic amines) is 1. The first-order chi connectivity index (χ1) is 14.5. The van der Waals surface area contributed by atoms with Gasteiger partial charge in [-0.15, -0.1) is 0 Å². The van der Waals surface area contributed by atoms with E-state index >= 15 is 0 Å². The molecule has 1 heterocycles. The molecule has 5 heteroatoms. The van der Waals surface area contributed by atoms with E-state index in [4.69, 9.17) is 4.74 Å². The molecule has 0 radical (unpaired) electrons. The van der Waals surface area contributed by atoms with Crippen LogP contribution in [0.5, 0.6) is 5.75 Å². The zero-order valence-electron chi connectivity index (χ0n) is 17.9. The Kier molecular flexibility index (Phi) is 9.24. The number of nitrogens with zero attached hydrogens (tertiary/aromatic N) is 1. The van der Waals surface area contributed by atoms with Gasteiger partial charge in [0, 0.05) is 34.1 Å². The second kappa shape index (κ2) is 11.7. The maximum Gasteiger partial charge on any atom is 0.123 e. The van der Waals surface area contributed by atoms with E-state index in [1.165, 1.54) is 31.2 Å². The molecule has 1 N–H and O–H groups in total. The van der Waals surface area contributed by atoms with Gasteiger partial charge in [-0.1, -0.05) is 76.6 Å². The Labute approximate surface area is 198 Å². The third kappa shape index (κ3) is 6.81. The highest BCUT2D eigenvalue weighted by molar-refractivity contribution is 9.10. The van der Waals surface area contributed by atoms with Crippen molar-refractivity contribution in [2.45, 2.75) is 64.0 Å². The summed E-state index contributed by atoms with van der Waals surface area (Å²) in [6.45, 7) is 5.61. The molecule has 30 heavy (non-hydrogen) atoms. The van der Waals surface area contributed by atoms with Crippen LogP contribution in [-0.2, 0) is 12.1 Å². The maximum absolute atomic E-state index is 11.1. The number of hydrogen-bond donors (Lipinski definition) is 1. The second-order valence-corrected chi connectivity index (χ2v) is 10.2. The van der Waals surface area contributed by atoms with Crippen molar-refractivity contribution in [1.82, 2.24) is 4.90 Å². The fraction of sp³-hybridized carbons (Fsp3) is 0.520. The molecule has 0 bridgehead atoms. The van der Waals surface area contributed by atoms with Gasteiger partial charge in [0.05, 0.1) is 12.2 Å². The Balaban J connectivity index is 1.55. The smallest absolute Gasteiger partial charge is 0.123 e. The molecule has 1 fully saturated rings. The minimum Gasteiger partial charge on any atom is -0.493 e. The molecule has 1 aliphatic rings. The minimum atomic E-state index is -0.730. The molecule has 0 unspecified atom stereocenters. The van der Waals surface area contributed by atoms with Crippen molar-refractivity contribution in [2.75, 3.05) is 19.7 Å². The minimum absolute atomic E-state index is 0.730. The first-order valence-corrected chi connectivity index (χ1v) is 12.7. The summed E-state index contributed by atoms with van der Waals surface area (Å²) >= 11 is 7.08. The van der Waals surface area contributed by atoms with Crippen LogP contribution in [0.3, 0.4) is 0 Å². The lowest BCUT2D eigenvalue weighted by Gasteiger charge is -2.38. The van der Waals surface area contributed by atoms with E-state index in [2.05, 4.69) is 61.9 Å². The lowest BCUT2D eigenvalue weighted by molar-refractivity contribution is -0.0278. The monoisotopic (exact) mass is 537 g/mol. The third-order valence-corrected chi connectivity index (χ3v) is 7.01. The lowest BCUT2D eigenvalue weighted by atomic mass is 9.84. The van der Waals surface area contributed by atoms with Crippen molar-refractivity contribution in [1.29, 1.82) is 0 Å². The van der Waals surface area contributed by atoms with Crippen LogP contribution in [0.25, 0.3) is 0 Å². The number of benzene rings is 2. The van der Waals surface area contributed by atoms with E-state index in [1.807, 2.05) is 24.3 Å². The van der Waals surface area contributed by atoms with E-state index in [1.54, 1.807) is 0 Å². The molecule has 0 saturated carbocycles. The van der Waals surface area contributed by atoms with Crippen molar-refractivity contribution in [2.24, 2.45) is 0 Å². The summed E-state index contributed by atoms with van der Waals surface area (Å²) in [5.74, 6) is 0.988. The number of halogens is 2. The van der Waals surface area contributed by atoms with Crippen molar-refractivity contribution >= 4 is 31.9 Å². The number of unbranched alkanes of at least 4 members (excludes halogenated alkanes) is 4. The summed E-state index contributed by atoms with van der Waals surface area (Å²) in [5.41, 5.74) is 1.50. The van der Waals surface area contributed by atoms with Gasteiger partial charge in [0.1, 0.15) is 5.75 Å². The van der Waals surface area contributed by atoms with E-state index in [0.29, 0.717) is 0 Å². The molecule has 3 rings (SSSR count). The van der Waals surface area contributed by atoms with Gasteiger partial charge in [-0.3, -0.25) is 4.90 Å². The first kappa shape index (κ1) is 23.8. The van der Waals surface area contributed by atoms with Gasteiger partial charge < -0.3 is 9.84 Å². The Morgan fingerprint density at radius 3 is 2.30 bits per heavy atom. The van der Waals surface area contributed by atoms with Crippen LogP contribution >= 0.6 is 31.9 Å². The van der Waals surface area contributed by atoms with Crippen LogP contribution in [0.15, 0.2) is 51.4 Å². The van der Waals surface area contributed by atoms with Crippen LogP contribution in [-0.4, -0.2) is 29.7 Å². The second-order valence-electron chi connectivity index (χ2n) is 8.33. The normalized spacial score (nSPS) is 16.5. The topological polar surface area (TPSA) is 32.7 Å². The van der Waals surface area contributed by atoms with Crippen molar-refractivity contribution < 1.29 is 9.84 Å². The molecule has 1 aliphatic heterocycles. The molecule has 0 aliphatic carbocycles. The summed E-state index contributed by atoms with van der Waals surface area (Å²) in [6, 6.07) is 14.4. The molecular formula is C25H33Br2NO2. The highest BCUT2D eigenvalue weighted by Gasteiger charge is 2.34. The zero-order chi connectivity index (χ0) is 21.4. The van der Waals surface area contributed by atoms with Gasteiger partial charge in [-0.25, -0.2) is 0 Å². The van der Waals surface area contributed by atoms with Crippen molar-refractivity contribution in [3.05, 3.63) is 62.5 Å². The van der Waals surface area contributed by atoms with E-state index in [0.717, 1.165) is 65.8 Å². The molecule has 1 saturated heterocycles. The van der Waals surface area contributed by atoms with Gasteiger partial charge in [0.15, 0.2) is 0 Å². The predicted molar refractivity (Wildman–Crippen MR) is 131 cm³/mol. The Morgan fingerprint density at radius 1 is 0.933 bits per heavy atom. The molecule has 2 aromatic carbocycles. The van der Waals surface area contributed by atoms with Crippen LogP contribution in [0, 0.1) is 0 Å². The van der Waals surface area contributed by atoms with E-state index in [9.17, 15) is 5.11 Å². The van der Waals surface area contributed by atoms with Gasteiger partial charge in [-0.2, -0.15) is 0 Å². The summed E-state index contributed by atoms with van der Waals surface area (Å²) in [4.78, 5) is 2.42. The van der Waals surface area contributed by atoms with Crippen LogP contribution in [0.2, 0.25) is 0 Å². The van der Waals surface area contributed by atoms with Gasteiger partial charge in [0.2, 0.25) is 0 Å². The summed E-state index contributed by atoms with van der Waals surface area (Å²) in [7, 11) is 0. The van der Waals surface area contributed by atoms with Crippen LogP contribution < -0.4 is 4.74 Å². The van der Waals surface area contributed by atoms with E-state index < -0.39 is 5.60 Å². The SMILES string of the molecule is CCCCCCCOc1ccc(Br)cc1CN1CCC(O)(c2ccc(Br)cc2)CC1. The summed E-state index contributed by atoms with van der Waals surface area (Å²) in [5, 5.41) is 11.1. The van der Waals surface area contributed by atoms with Crippen molar-refractivity contribution in [3.8, 4) is 5.75 Å². The Hall–Kier alpha value is -0.880. The molecule has 3 nitrogen and oxygen atoms in total. The average Bonchev–Trinajstić information content (AvgIpc) is 2.74. The molecule has 0 atom stereocenters. The number of piperidine rings is 1. The fourth-order valence-electron chi connectivity index (χ4n) is 4.07. The summed E-state index contributed by atoms with van der Waals surface area (Å²) < 4.78 is 8.26. The number of ether oxygens (including phenoxy) is 1. The Morgan fingerprint density at radius 2 is 1.60 bits per heavy atom. The lowest BCUT2D eigenvalue weighted by Crippen LogP contribution is -2.42. The number of rotatable bonds is 10. The molecular weight excluding hydrogens is 506 g/mol. The molecule has 0 spiro atoms. The molecule has 0 amide bonds. The third-order valence-electron chi connectivity index (χ3n) is 5.99. The highest BCUT2D eigenvalue weighted by Crippen LogP contribution is 2.35. The maximum atomic E-state index is 11.1. The zero-order valence-corrected chi connectivity index (χ0v) is 21.1. The predicted octanol–water partition coefficient (Wildman–Crippen LogP) is 7.04. The van der Waals surface area contributed by atoms with E-state index in [-0.39, 0.29) is 0 Å². The Bertz CT molecular complexity index is 786. The van der Waals surface area contributed by atoms with Crippen molar-refractivity contribution in [3.63, 3.8) is 0 Å².